The minimum absolute atomic E-state index is 0.0527. The molecule has 0 aromatic carbocycles. The number of rotatable bonds is 25. The maximum absolute atomic E-state index is 10.4. The summed E-state index contributed by atoms with van der Waals surface area (Å²) in [6.45, 7) is 2.14. The summed E-state index contributed by atoms with van der Waals surface area (Å²) in [6.07, 6.45) is 29.8. The van der Waals surface area contributed by atoms with Gasteiger partial charge in [0.1, 0.15) is 0 Å². The van der Waals surface area contributed by atoms with E-state index in [1.54, 1.807) is 0 Å². The SMILES string of the molecule is CCCC(O)CCCCCCCCCCCCCCCCCCCCCCC(=O)O. The van der Waals surface area contributed by atoms with Crippen LogP contribution in [-0.4, -0.2) is 22.3 Å². The van der Waals surface area contributed by atoms with Crippen LogP contribution in [0.25, 0.3) is 0 Å². The third-order valence-corrected chi connectivity index (χ3v) is 6.30. The van der Waals surface area contributed by atoms with E-state index in [2.05, 4.69) is 6.92 Å². The molecule has 0 radical (unpaired) electrons. The Bertz CT molecular complexity index is 343. The average Bonchev–Trinajstić information content (AvgIpc) is 2.71. The second-order valence-corrected chi connectivity index (χ2v) is 9.45. The Morgan fingerprint density at radius 1 is 0.533 bits per heavy atom. The van der Waals surface area contributed by atoms with Gasteiger partial charge in [0.05, 0.1) is 6.10 Å². The number of hydrogen-bond acceptors (Lipinski definition) is 2. The third kappa shape index (κ3) is 25.5. The smallest absolute Gasteiger partial charge is 0.303 e. The highest BCUT2D eigenvalue weighted by molar-refractivity contribution is 5.66. The van der Waals surface area contributed by atoms with Gasteiger partial charge in [-0.05, 0) is 19.3 Å². The predicted molar refractivity (Wildman–Crippen MR) is 130 cm³/mol. The van der Waals surface area contributed by atoms with E-state index in [-0.39, 0.29) is 6.10 Å². The van der Waals surface area contributed by atoms with Gasteiger partial charge in [0.2, 0.25) is 0 Å². The standard InChI is InChI=1S/C27H54O3/c1-2-23-26(28)24-21-19-17-15-13-11-9-7-5-3-4-6-8-10-12-14-16-18-20-22-25-27(29)30/h26,28H,2-25H2,1H3,(H,29,30). The highest BCUT2D eigenvalue weighted by atomic mass is 16.4. The number of aliphatic hydroxyl groups is 1. The molecule has 30 heavy (non-hydrogen) atoms. The maximum Gasteiger partial charge on any atom is 0.303 e. The summed E-state index contributed by atoms with van der Waals surface area (Å²) >= 11 is 0. The molecule has 0 rings (SSSR count). The molecular weight excluding hydrogens is 372 g/mol. The molecule has 0 saturated heterocycles. The molecule has 0 aromatic rings. The topological polar surface area (TPSA) is 57.5 Å². The van der Waals surface area contributed by atoms with Crippen molar-refractivity contribution in [1.82, 2.24) is 0 Å². The molecule has 3 heteroatoms. The van der Waals surface area contributed by atoms with Crippen LogP contribution in [0.2, 0.25) is 0 Å². The van der Waals surface area contributed by atoms with E-state index in [1.165, 1.54) is 116 Å². The lowest BCUT2D eigenvalue weighted by atomic mass is 10.0. The number of carboxylic acid groups (broad SMARTS) is 1. The Kier molecular flexibility index (Phi) is 24.2. The van der Waals surface area contributed by atoms with Crippen LogP contribution in [0, 0.1) is 0 Å². The van der Waals surface area contributed by atoms with Crippen molar-refractivity contribution < 1.29 is 15.0 Å². The average molecular weight is 427 g/mol. The lowest BCUT2D eigenvalue weighted by molar-refractivity contribution is -0.137. The largest absolute Gasteiger partial charge is 0.481 e. The van der Waals surface area contributed by atoms with E-state index in [0.29, 0.717) is 6.42 Å². The van der Waals surface area contributed by atoms with Crippen molar-refractivity contribution in [3.05, 3.63) is 0 Å². The fraction of sp³-hybridized carbons (Fsp3) is 0.963. The summed E-state index contributed by atoms with van der Waals surface area (Å²) in [5.41, 5.74) is 0. The van der Waals surface area contributed by atoms with Crippen LogP contribution in [-0.2, 0) is 4.79 Å². The Hall–Kier alpha value is -0.570. The fourth-order valence-electron chi connectivity index (χ4n) is 4.32. The Labute approximate surface area is 188 Å². The van der Waals surface area contributed by atoms with Gasteiger partial charge in [-0.1, -0.05) is 135 Å². The molecule has 0 aromatic heterocycles. The molecule has 0 saturated carbocycles. The summed E-state index contributed by atoms with van der Waals surface area (Å²) in [4.78, 5) is 10.4. The van der Waals surface area contributed by atoms with Crippen molar-refractivity contribution in [2.24, 2.45) is 0 Å². The second kappa shape index (κ2) is 24.7. The molecule has 0 heterocycles. The molecule has 0 bridgehead atoms. The molecule has 0 spiro atoms. The van der Waals surface area contributed by atoms with E-state index in [9.17, 15) is 9.90 Å². The van der Waals surface area contributed by atoms with Gasteiger partial charge in [0.25, 0.3) is 0 Å². The summed E-state index contributed by atoms with van der Waals surface area (Å²) in [7, 11) is 0. The Balaban J connectivity index is 3.04. The number of hydrogen-bond donors (Lipinski definition) is 2. The van der Waals surface area contributed by atoms with Gasteiger partial charge in [0.15, 0.2) is 0 Å². The first-order valence-corrected chi connectivity index (χ1v) is 13.6. The summed E-state index contributed by atoms with van der Waals surface area (Å²) < 4.78 is 0. The normalized spacial score (nSPS) is 12.3. The molecule has 1 unspecified atom stereocenters. The molecule has 180 valence electrons. The Morgan fingerprint density at radius 2 is 0.833 bits per heavy atom. The van der Waals surface area contributed by atoms with Gasteiger partial charge >= 0.3 is 5.97 Å². The number of carboxylic acids is 1. The first kappa shape index (κ1) is 29.4. The molecule has 2 N–H and O–H groups in total. The van der Waals surface area contributed by atoms with Gasteiger partial charge in [0, 0.05) is 6.42 Å². The van der Waals surface area contributed by atoms with Crippen LogP contribution in [0.3, 0.4) is 0 Å². The van der Waals surface area contributed by atoms with Crippen molar-refractivity contribution in [3.63, 3.8) is 0 Å². The van der Waals surface area contributed by atoms with E-state index < -0.39 is 5.97 Å². The van der Waals surface area contributed by atoms with Crippen LogP contribution in [0.1, 0.15) is 161 Å². The van der Waals surface area contributed by atoms with Crippen molar-refractivity contribution >= 4 is 5.97 Å². The van der Waals surface area contributed by atoms with Crippen LogP contribution in [0.4, 0.5) is 0 Å². The second-order valence-electron chi connectivity index (χ2n) is 9.45. The molecule has 0 aliphatic rings. The predicted octanol–water partition coefficient (Wildman–Crippen LogP) is 8.81. The molecule has 0 aliphatic carbocycles. The number of carbonyl (C=O) groups is 1. The lowest BCUT2D eigenvalue weighted by Crippen LogP contribution is -2.04. The van der Waals surface area contributed by atoms with Crippen molar-refractivity contribution in [3.8, 4) is 0 Å². The monoisotopic (exact) mass is 426 g/mol. The zero-order chi connectivity index (χ0) is 22.1. The van der Waals surface area contributed by atoms with Gasteiger partial charge in [-0.3, -0.25) is 4.79 Å². The van der Waals surface area contributed by atoms with Crippen molar-refractivity contribution in [2.75, 3.05) is 0 Å². The van der Waals surface area contributed by atoms with Crippen molar-refractivity contribution in [2.45, 2.75) is 167 Å². The molecular formula is C27H54O3. The van der Waals surface area contributed by atoms with Gasteiger partial charge in [-0.2, -0.15) is 0 Å². The van der Waals surface area contributed by atoms with Crippen LogP contribution in [0.5, 0.6) is 0 Å². The summed E-state index contributed by atoms with van der Waals surface area (Å²) in [6, 6.07) is 0. The fourth-order valence-corrected chi connectivity index (χ4v) is 4.32. The molecule has 1 atom stereocenters. The Morgan fingerprint density at radius 3 is 1.13 bits per heavy atom. The number of aliphatic carboxylic acids is 1. The van der Waals surface area contributed by atoms with Crippen LogP contribution >= 0.6 is 0 Å². The molecule has 0 fully saturated rings. The van der Waals surface area contributed by atoms with Gasteiger partial charge in [-0.15, -0.1) is 0 Å². The minimum atomic E-state index is -0.656. The third-order valence-electron chi connectivity index (χ3n) is 6.30. The molecule has 3 nitrogen and oxygen atoms in total. The molecule has 0 aliphatic heterocycles. The lowest BCUT2D eigenvalue weighted by Gasteiger charge is -2.08. The zero-order valence-corrected chi connectivity index (χ0v) is 20.4. The van der Waals surface area contributed by atoms with Crippen LogP contribution < -0.4 is 0 Å². The maximum atomic E-state index is 10.4. The van der Waals surface area contributed by atoms with Gasteiger partial charge in [-0.25, -0.2) is 0 Å². The molecule has 0 amide bonds. The highest BCUT2D eigenvalue weighted by Gasteiger charge is 2.01. The van der Waals surface area contributed by atoms with Gasteiger partial charge < -0.3 is 10.2 Å². The zero-order valence-electron chi connectivity index (χ0n) is 20.4. The minimum Gasteiger partial charge on any atom is -0.481 e. The summed E-state index contributed by atoms with van der Waals surface area (Å²) in [5, 5.41) is 18.3. The quantitative estimate of drug-likeness (QED) is 0.143. The van der Waals surface area contributed by atoms with E-state index in [0.717, 1.165) is 32.1 Å². The van der Waals surface area contributed by atoms with Crippen LogP contribution in [0.15, 0.2) is 0 Å². The van der Waals surface area contributed by atoms with Crippen molar-refractivity contribution in [1.29, 1.82) is 0 Å². The first-order valence-electron chi connectivity index (χ1n) is 13.6. The first-order chi connectivity index (χ1) is 14.7. The highest BCUT2D eigenvalue weighted by Crippen LogP contribution is 2.15. The van der Waals surface area contributed by atoms with E-state index in [4.69, 9.17) is 5.11 Å². The summed E-state index contributed by atoms with van der Waals surface area (Å²) in [5.74, 6) is -0.656. The van der Waals surface area contributed by atoms with E-state index in [1.807, 2.05) is 0 Å². The number of aliphatic hydroxyl groups excluding tert-OH is 1. The number of unbranched alkanes of at least 4 members (excludes halogenated alkanes) is 19. The van der Waals surface area contributed by atoms with E-state index >= 15 is 0 Å².